The molecular weight excluding hydrogens is 292 g/mol. The molecule has 6 nitrogen and oxygen atoms in total. The standard InChI is InChI=1S/C14H18N2O4S/c1-18-12-8-10(14(15)21)2-3-11(12)20-9-13(17)16-4-6-19-7-5-16/h2-3,8H,4-7,9H2,1H3,(H2,15,21). The molecule has 0 bridgehead atoms. The maximum absolute atomic E-state index is 12.0. The third-order valence-electron chi connectivity index (χ3n) is 3.16. The maximum Gasteiger partial charge on any atom is 0.260 e. The molecule has 1 amide bonds. The fourth-order valence-corrected chi connectivity index (χ4v) is 2.11. The first-order chi connectivity index (χ1) is 10.1. The number of nitrogens with zero attached hydrogens (tertiary/aromatic N) is 1. The van der Waals surface area contributed by atoms with E-state index >= 15 is 0 Å². The normalized spacial score (nSPS) is 14.6. The summed E-state index contributed by atoms with van der Waals surface area (Å²) in [5.41, 5.74) is 6.26. The van der Waals surface area contributed by atoms with Crippen molar-refractivity contribution in [1.82, 2.24) is 4.90 Å². The highest BCUT2D eigenvalue weighted by Crippen LogP contribution is 2.28. The Morgan fingerprint density at radius 1 is 1.38 bits per heavy atom. The molecule has 0 unspecified atom stereocenters. The van der Waals surface area contributed by atoms with Crippen LogP contribution in [0.1, 0.15) is 5.56 Å². The van der Waals surface area contributed by atoms with Gasteiger partial charge in [0.2, 0.25) is 0 Å². The van der Waals surface area contributed by atoms with Crippen LogP contribution in [0.4, 0.5) is 0 Å². The summed E-state index contributed by atoms with van der Waals surface area (Å²) in [6, 6.07) is 5.12. The number of hydrogen-bond donors (Lipinski definition) is 1. The molecule has 0 radical (unpaired) electrons. The zero-order valence-electron chi connectivity index (χ0n) is 11.8. The Morgan fingerprint density at radius 3 is 2.71 bits per heavy atom. The van der Waals surface area contributed by atoms with E-state index in [1.807, 2.05) is 0 Å². The Labute approximate surface area is 128 Å². The van der Waals surface area contributed by atoms with Crippen LogP contribution in [-0.2, 0) is 9.53 Å². The Bertz CT molecular complexity index is 530. The quantitative estimate of drug-likeness (QED) is 0.802. The SMILES string of the molecule is COc1cc(C(N)=S)ccc1OCC(=O)N1CCOCC1. The molecule has 1 aromatic carbocycles. The van der Waals surface area contributed by atoms with Crippen molar-refractivity contribution < 1.29 is 19.0 Å². The van der Waals surface area contributed by atoms with E-state index in [9.17, 15) is 4.79 Å². The van der Waals surface area contributed by atoms with Crippen molar-refractivity contribution in [3.8, 4) is 11.5 Å². The van der Waals surface area contributed by atoms with E-state index in [1.54, 1.807) is 23.1 Å². The van der Waals surface area contributed by atoms with E-state index < -0.39 is 0 Å². The van der Waals surface area contributed by atoms with Gasteiger partial charge in [-0.1, -0.05) is 12.2 Å². The molecule has 0 atom stereocenters. The molecular formula is C14H18N2O4S. The lowest BCUT2D eigenvalue weighted by atomic mass is 10.2. The van der Waals surface area contributed by atoms with Gasteiger partial charge >= 0.3 is 0 Å². The van der Waals surface area contributed by atoms with Crippen LogP contribution in [0.15, 0.2) is 18.2 Å². The van der Waals surface area contributed by atoms with Crippen molar-refractivity contribution in [2.45, 2.75) is 0 Å². The third kappa shape index (κ3) is 4.05. The second-order valence-electron chi connectivity index (χ2n) is 4.51. The first-order valence-electron chi connectivity index (χ1n) is 6.58. The van der Waals surface area contributed by atoms with Crippen LogP contribution in [-0.4, -0.2) is 55.8 Å². The topological polar surface area (TPSA) is 74.0 Å². The Hall–Kier alpha value is -1.86. The number of methoxy groups -OCH3 is 1. The number of thiocarbonyl (C=S) groups is 1. The fraction of sp³-hybridized carbons (Fsp3) is 0.429. The number of carbonyl (C=O) groups is 1. The summed E-state index contributed by atoms with van der Waals surface area (Å²) >= 11 is 4.91. The monoisotopic (exact) mass is 310 g/mol. The van der Waals surface area contributed by atoms with Gasteiger partial charge in [-0.3, -0.25) is 4.79 Å². The minimum absolute atomic E-state index is 0.0389. The van der Waals surface area contributed by atoms with Crippen LogP contribution >= 0.6 is 12.2 Å². The molecule has 0 spiro atoms. The van der Waals surface area contributed by atoms with Crippen molar-refractivity contribution >= 4 is 23.1 Å². The third-order valence-corrected chi connectivity index (χ3v) is 3.40. The number of ether oxygens (including phenoxy) is 3. The molecule has 1 heterocycles. The average molecular weight is 310 g/mol. The summed E-state index contributed by atoms with van der Waals surface area (Å²) in [5.74, 6) is 0.910. The van der Waals surface area contributed by atoms with Crippen LogP contribution in [0.5, 0.6) is 11.5 Å². The predicted molar refractivity (Wildman–Crippen MR) is 81.8 cm³/mol. The minimum Gasteiger partial charge on any atom is -0.493 e. The molecule has 0 aromatic heterocycles. The lowest BCUT2D eigenvalue weighted by Gasteiger charge is -2.26. The Morgan fingerprint density at radius 2 is 2.10 bits per heavy atom. The van der Waals surface area contributed by atoms with Gasteiger partial charge in [0.15, 0.2) is 18.1 Å². The highest BCUT2D eigenvalue weighted by molar-refractivity contribution is 7.80. The van der Waals surface area contributed by atoms with Crippen molar-refractivity contribution in [3.63, 3.8) is 0 Å². The first kappa shape index (κ1) is 15.5. The average Bonchev–Trinajstić information content (AvgIpc) is 2.53. The minimum atomic E-state index is -0.0706. The zero-order chi connectivity index (χ0) is 15.2. The highest BCUT2D eigenvalue weighted by Gasteiger charge is 2.18. The van der Waals surface area contributed by atoms with Crippen molar-refractivity contribution in [2.75, 3.05) is 40.0 Å². The van der Waals surface area contributed by atoms with Gasteiger partial charge in [0.05, 0.1) is 20.3 Å². The molecule has 1 fully saturated rings. The number of hydrogen-bond acceptors (Lipinski definition) is 5. The molecule has 1 saturated heterocycles. The van der Waals surface area contributed by atoms with Gasteiger partial charge in [-0.05, 0) is 18.2 Å². The van der Waals surface area contributed by atoms with Gasteiger partial charge in [-0.2, -0.15) is 0 Å². The second-order valence-corrected chi connectivity index (χ2v) is 4.95. The molecule has 7 heteroatoms. The lowest BCUT2D eigenvalue weighted by molar-refractivity contribution is -0.137. The van der Waals surface area contributed by atoms with Gasteiger partial charge in [0.1, 0.15) is 4.99 Å². The van der Waals surface area contributed by atoms with E-state index in [1.165, 1.54) is 7.11 Å². The Balaban J connectivity index is 1.98. The number of morpholine rings is 1. The molecule has 114 valence electrons. The summed E-state index contributed by atoms with van der Waals surface area (Å²) in [7, 11) is 1.52. The predicted octanol–water partition coefficient (Wildman–Crippen LogP) is 0.567. The van der Waals surface area contributed by atoms with Gasteiger partial charge in [0.25, 0.3) is 5.91 Å². The van der Waals surface area contributed by atoms with Crippen LogP contribution in [0.3, 0.4) is 0 Å². The summed E-state index contributed by atoms with van der Waals surface area (Å²) in [5, 5.41) is 0. The summed E-state index contributed by atoms with van der Waals surface area (Å²) in [6.07, 6.45) is 0. The van der Waals surface area contributed by atoms with Crippen LogP contribution in [0.2, 0.25) is 0 Å². The van der Waals surface area contributed by atoms with Crippen LogP contribution in [0.25, 0.3) is 0 Å². The summed E-state index contributed by atoms with van der Waals surface area (Å²) in [4.78, 5) is 14.0. The molecule has 2 rings (SSSR count). The van der Waals surface area contributed by atoms with E-state index in [4.69, 9.17) is 32.2 Å². The summed E-state index contributed by atoms with van der Waals surface area (Å²) < 4.78 is 16.0. The molecule has 2 N–H and O–H groups in total. The van der Waals surface area contributed by atoms with Gasteiger partial charge in [0, 0.05) is 18.7 Å². The van der Waals surface area contributed by atoms with Crippen molar-refractivity contribution in [3.05, 3.63) is 23.8 Å². The number of benzene rings is 1. The first-order valence-corrected chi connectivity index (χ1v) is 6.99. The number of carbonyl (C=O) groups excluding carboxylic acids is 1. The van der Waals surface area contributed by atoms with Gasteiger partial charge in [-0.15, -0.1) is 0 Å². The molecule has 1 aliphatic rings. The molecule has 1 aliphatic heterocycles. The molecule has 1 aromatic rings. The number of amides is 1. The van der Waals surface area contributed by atoms with Gasteiger partial charge in [-0.25, -0.2) is 0 Å². The second kappa shape index (κ2) is 7.24. The lowest BCUT2D eigenvalue weighted by Crippen LogP contribution is -2.43. The number of nitrogens with two attached hydrogens (primary N) is 1. The van der Waals surface area contributed by atoms with Crippen LogP contribution < -0.4 is 15.2 Å². The van der Waals surface area contributed by atoms with E-state index in [-0.39, 0.29) is 17.5 Å². The highest BCUT2D eigenvalue weighted by atomic mass is 32.1. The van der Waals surface area contributed by atoms with Gasteiger partial charge < -0.3 is 24.8 Å². The smallest absolute Gasteiger partial charge is 0.260 e. The van der Waals surface area contributed by atoms with E-state index in [0.29, 0.717) is 43.4 Å². The van der Waals surface area contributed by atoms with Crippen molar-refractivity contribution in [2.24, 2.45) is 5.73 Å². The summed E-state index contributed by atoms with van der Waals surface area (Å²) in [6.45, 7) is 2.29. The van der Waals surface area contributed by atoms with E-state index in [2.05, 4.69) is 0 Å². The zero-order valence-corrected chi connectivity index (χ0v) is 12.6. The largest absolute Gasteiger partial charge is 0.493 e. The molecule has 0 saturated carbocycles. The molecule has 0 aliphatic carbocycles. The van der Waals surface area contributed by atoms with Crippen molar-refractivity contribution in [1.29, 1.82) is 0 Å². The maximum atomic E-state index is 12.0. The fourth-order valence-electron chi connectivity index (χ4n) is 1.98. The number of rotatable bonds is 5. The van der Waals surface area contributed by atoms with E-state index in [0.717, 1.165) is 0 Å². The molecule has 21 heavy (non-hydrogen) atoms. The van der Waals surface area contributed by atoms with Crippen LogP contribution in [0, 0.1) is 0 Å². The Kier molecular flexibility index (Phi) is 5.35.